The zero-order valence-electron chi connectivity index (χ0n) is 8.07. The first kappa shape index (κ1) is 9.23. The first-order valence-electron chi connectivity index (χ1n) is 4.92. The van der Waals surface area contributed by atoms with Crippen LogP contribution in [0, 0.1) is 11.3 Å². The third kappa shape index (κ3) is 1.51. The normalized spacial score (nSPS) is 26.8. The van der Waals surface area contributed by atoms with Crippen molar-refractivity contribution in [2.45, 2.75) is 18.3 Å². The van der Waals surface area contributed by atoms with Crippen LogP contribution >= 0.6 is 0 Å². The number of hydrogen-bond acceptors (Lipinski definition) is 2. The summed E-state index contributed by atoms with van der Waals surface area (Å²) in [5, 5.41) is 9.26. The minimum absolute atomic E-state index is 0.403. The Morgan fingerprint density at radius 1 is 1.29 bits per heavy atom. The molecule has 72 valence electrons. The molecule has 1 aliphatic heterocycles. The highest BCUT2D eigenvalue weighted by Crippen LogP contribution is 2.31. The molecule has 1 fully saturated rings. The van der Waals surface area contributed by atoms with E-state index >= 15 is 0 Å². The SMILES string of the molecule is N#CC1(c2ccccc2)CCCOC1. The Morgan fingerprint density at radius 2 is 2.07 bits per heavy atom. The van der Waals surface area contributed by atoms with E-state index in [0.29, 0.717) is 6.61 Å². The van der Waals surface area contributed by atoms with Crippen LogP contribution < -0.4 is 0 Å². The first-order chi connectivity index (χ1) is 6.87. The third-order valence-electron chi connectivity index (χ3n) is 2.78. The molecule has 1 unspecified atom stereocenters. The summed E-state index contributed by atoms with van der Waals surface area (Å²) in [5.74, 6) is 0. The van der Waals surface area contributed by atoms with E-state index in [9.17, 15) is 5.26 Å². The first-order valence-corrected chi connectivity index (χ1v) is 4.92. The van der Waals surface area contributed by atoms with Gasteiger partial charge in [0, 0.05) is 6.61 Å². The van der Waals surface area contributed by atoms with Crippen LogP contribution in [0.5, 0.6) is 0 Å². The van der Waals surface area contributed by atoms with Crippen LogP contribution in [0.1, 0.15) is 18.4 Å². The molecule has 2 rings (SSSR count). The Labute approximate surface area is 84.1 Å². The molecule has 1 saturated heterocycles. The number of benzene rings is 1. The fourth-order valence-electron chi connectivity index (χ4n) is 1.93. The van der Waals surface area contributed by atoms with Gasteiger partial charge in [-0.25, -0.2) is 0 Å². The van der Waals surface area contributed by atoms with Crippen LogP contribution in [-0.4, -0.2) is 13.2 Å². The molecule has 14 heavy (non-hydrogen) atoms. The molecule has 0 aromatic heterocycles. The predicted octanol–water partition coefficient (Wildman–Crippen LogP) is 2.26. The molecule has 1 atom stereocenters. The molecule has 0 N–H and O–H groups in total. The molecule has 0 aliphatic carbocycles. The summed E-state index contributed by atoms with van der Waals surface area (Å²) in [4.78, 5) is 0. The molecular formula is C12H13NO. The number of hydrogen-bond donors (Lipinski definition) is 0. The lowest BCUT2D eigenvalue weighted by molar-refractivity contribution is 0.0563. The number of ether oxygens (including phenoxy) is 1. The average molecular weight is 187 g/mol. The van der Waals surface area contributed by atoms with Crippen LogP contribution in [0.25, 0.3) is 0 Å². The summed E-state index contributed by atoms with van der Waals surface area (Å²) in [6.07, 6.45) is 1.88. The highest BCUT2D eigenvalue weighted by atomic mass is 16.5. The Balaban J connectivity index is 2.33. The summed E-state index contributed by atoms with van der Waals surface area (Å²) in [5.41, 5.74) is 0.682. The second-order valence-corrected chi connectivity index (χ2v) is 3.72. The summed E-state index contributed by atoms with van der Waals surface area (Å²) in [7, 11) is 0. The van der Waals surface area contributed by atoms with Gasteiger partial charge in [0.1, 0.15) is 5.41 Å². The molecule has 1 aliphatic rings. The van der Waals surface area contributed by atoms with Crippen molar-refractivity contribution in [3.63, 3.8) is 0 Å². The van der Waals surface area contributed by atoms with Crippen molar-refractivity contribution in [1.82, 2.24) is 0 Å². The molecule has 2 nitrogen and oxygen atoms in total. The van der Waals surface area contributed by atoms with Gasteiger partial charge >= 0.3 is 0 Å². The zero-order valence-corrected chi connectivity index (χ0v) is 8.07. The van der Waals surface area contributed by atoms with Crippen LogP contribution in [-0.2, 0) is 10.2 Å². The standard InChI is InChI=1S/C12H13NO/c13-9-12(7-4-8-14-10-12)11-5-2-1-3-6-11/h1-3,5-6H,4,7-8,10H2. The smallest absolute Gasteiger partial charge is 0.106 e. The monoisotopic (exact) mass is 187 g/mol. The maximum atomic E-state index is 9.26. The van der Waals surface area contributed by atoms with Crippen molar-refractivity contribution in [3.05, 3.63) is 35.9 Å². The number of nitriles is 1. The second-order valence-electron chi connectivity index (χ2n) is 3.72. The third-order valence-corrected chi connectivity index (χ3v) is 2.78. The van der Waals surface area contributed by atoms with Crippen molar-refractivity contribution in [1.29, 1.82) is 5.26 Å². The predicted molar refractivity (Wildman–Crippen MR) is 53.8 cm³/mol. The van der Waals surface area contributed by atoms with Crippen LogP contribution in [0.2, 0.25) is 0 Å². The van der Waals surface area contributed by atoms with Crippen molar-refractivity contribution in [3.8, 4) is 6.07 Å². The second kappa shape index (κ2) is 3.81. The number of rotatable bonds is 1. The van der Waals surface area contributed by atoms with Crippen molar-refractivity contribution in [2.75, 3.05) is 13.2 Å². The molecular weight excluding hydrogens is 174 g/mol. The molecule has 0 radical (unpaired) electrons. The van der Waals surface area contributed by atoms with Crippen LogP contribution in [0.3, 0.4) is 0 Å². The lowest BCUT2D eigenvalue weighted by atomic mass is 9.78. The minimum atomic E-state index is -0.403. The van der Waals surface area contributed by atoms with Crippen LogP contribution in [0.4, 0.5) is 0 Å². The maximum absolute atomic E-state index is 9.26. The van der Waals surface area contributed by atoms with Crippen molar-refractivity contribution < 1.29 is 4.74 Å². The van der Waals surface area contributed by atoms with Gasteiger partial charge in [0.05, 0.1) is 12.7 Å². The molecule has 1 heterocycles. The van der Waals surface area contributed by atoms with E-state index in [4.69, 9.17) is 4.74 Å². The highest BCUT2D eigenvalue weighted by Gasteiger charge is 2.34. The van der Waals surface area contributed by atoms with Gasteiger partial charge in [0.25, 0.3) is 0 Å². The maximum Gasteiger partial charge on any atom is 0.106 e. The van der Waals surface area contributed by atoms with Gasteiger partial charge in [0.15, 0.2) is 0 Å². The van der Waals surface area contributed by atoms with Gasteiger partial charge in [-0.15, -0.1) is 0 Å². The summed E-state index contributed by atoms with van der Waals surface area (Å²) >= 11 is 0. The fourth-order valence-corrected chi connectivity index (χ4v) is 1.93. The molecule has 0 saturated carbocycles. The van der Waals surface area contributed by atoms with E-state index < -0.39 is 5.41 Å². The molecule has 0 amide bonds. The minimum Gasteiger partial charge on any atom is -0.379 e. The Hall–Kier alpha value is -1.33. The van der Waals surface area contributed by atoms with E-state index in [0.717, 1.165) is 25.0 Å². The summed E-state index contributed by atoms with van der Waals surface area (Å²) in [6, 6.07) is 12.4. The van der Waals surface area contributed by atoms with E-state index in [-0.39, 0.29) is 0 Å². The van der Waals surface area contributed by atoms with Gasteiger partial charge in [-0.1, -0.05) is 30.3 Å². The largest absolute Gasteiger partial charge is 0.379 e. The zero-order chi connectivity index (χ0) is 9.86. The Morgan fingerprint density at radius 3 is 2.64 bits per heavy atom. The van der Waals surface area contributed by atoms with E-state index in [2.05, 4.69) is 6.07 Å². The Bertz CT molecular complexity index is 333. The molecule has 1 aromatic carbocycles. The Kier molecular flexibility index (Phi) is 2.51. The lowest BCUT2D eigenvalue weighted by Gasteiger charge is -2.30. The summed E-state index contributed by atoms with van der Waals surface area (Å²) in [6.45, 7) is 1.32. The van der Waals surface area contributed by atoms with Crippen molar-refractivity contribution >= 4 is 0 Å². The van der Waals surface area contributed by atoms with Gasteiger partial charge < -0.3 is 4.74 Å². The van der Waals surface area contributed by atoms with Crippen LogP contribution in [0.15, 0.2) is 30.3 Å². The summed E-state index contributed by atoms with van der Waals surface area (Å²) < 4.78 is 5.41. The fraction of sp³-hybridized carbons (Fsp3) is 0.417. The van der Waals surface area contributed by atoms with E-state index in [1.807, 2.05) is 30.3 Å². The van der Waals surface area contributed by atoms with E-state index in [1.165, 1.54) is 0 Å². The molecule has 0 bridgehead atoms. The van der Waals surface area contributed by atoms with Gasteiger partial charge in [-0.3, -0.25) is 0 Å². The molecule has 0 spiro atoms. The molecule has 2 heteroatoms. The van der Waals surface area contributed by atoms with Crippen molar-refractivity contribution in [2.24, 2.45) is 0 Å². The lowest BCUT2D eigenvalue weighted by Crippen LogP contribution is -2.34. The highest BCUT2D eigenvalue weighted by molar-refractivity contribution is 5.32. The quantitative estimate of drug-likeness (QED) is 0.675. The number of nitrogens with zero attached hydrogens (tertiary/aromatic N) is 1. The van der Waals surface area contributed by atoms with Gasteiger partial charge in [0.2, 0.25) is 0 Å². The van der Waals surface area contributed by atoms with Gasteiger partial charge in [-0.05, 0) is 18.4 Å². The van der Waals surface area contributed by atoms with E-state index in [1.54, 1.807) is 0 Å². The topological polar surface area (TPSA) is 33.0 Å². The van der Waals surface area contributed by atoms with Gasteiger partial charge in [-0.2, -0.15) is 5.26 Å². The molecule has 1 aromatic rings. The average Bonchev–Trinajstić information content (AvgIpc) is 2.31.